The monoisotopic (exact) mass is 165 g/mol. The van der Waals surface area contributed by atoms with Crippen LogP contribution in [0.25, 0.3) is 0 Å². The molecule has 1 fully saturated rings. The van der Waals surface area contributed by atoms with Crippen molar-refractivity contribution in [2.45, 2.75) is 24.9 Å². The number of hydrogen-bond acceptors (Lipinski definition) is 2. The summed E-state index contributed by atoms with van der Waals surface area (Å²) in [7, 11) is 0. The Labute approximate surface area is 72.8 Å². The highest BCUT2D eigenvalue weighted by atomic mass is 16.3. The Morgan fingerprint density at radius 2 is 1.67 bits per heavy atom. The van der Waals surface area contributed by atoms with Gasteiger partial charge < -0.3 is 11.3 Å². The van der Waals surface area contributed by atoms with Crippen molar-refractivity contribution in [1.82, 2.24) is 6.15 Å². The highest BCUT2D eigenvalue weighted by molar-refractivity contribution is 5.24. The molecule has 1 aliphatic carbocycles. The van der Waals surface area contributed by atoms with Gasteiger partial charge in [0.1, 0.15) is 0 Å². The second-order valence-corrected chi connectivity index (χ2v) is 3.25. The maximum Gasteiger partial charge on any atom is 0.0896 e. The van der Waals surface area contributed by atoms with Gasteiger partial charge in [0.15, 0.2) is 0 Å². The third kappa shape index (κ3) is 1.36. The Bertz CT molecular complexity index is 241. The normalized spacial score (nSPS) is 19.1. The van der Waals surface area contributed by atoms with E-state index in [1.165, 1.54) is 0 Å². The molecule has 0 atom stereocenters. The molecule has 0 aromatic heterocycles. The minimum atomic E-state index is -0.485. The second-order valence-electron chi connectivity index (χ2n) is 3.25. The minimum Gasteiger partial charge on any atom is -0.385 e. The van der Waals surface area contributed by atoms with Crippen LogP contribution in [0.1, 0.15) is 24.8 Å². The first kappa shape index (κ1) is 9.23. The SMILES string of the molecule is N.OC1(c2ccccc2)CCC1. The Morgan fingerprint density at radius 1 is 1.08 bits per heavy atom. The highest BCUT2D eigenvalue weighted by Crippen LogP contribution is 2.40. The van der Waals surface area contributed by atoms with Gasteiger partial charge in [-0.3, -0.25) is 0 Å². The molecule has 0 amide bonds. The maximum atomic E-state index is 9.88. The summed E-state index contributed by atoms with van der Waals surface area (Å²) in [5.41, 5.74) is 0.590. The van der Waals surface area contributed by atoms with Gasteiger partial charge in [-0.15, -0.1) is 0 Å². The topological polar surface area (TPSA) is 55.2 Å². The third-order valence-corrected chi connectivity index (χ3v) is 2.49. The van der Waals surface area contributed by atoms with Crippen molar-refractivity contribution in [3.8, 4) is 0 Å². The van der Waals surface area contributed by atoms with Crippen molar-refractivity contribution in [2.75, 3.05) is 0 Å². The van der Waals surface area contributed by atoms with E-state index in [4.69, 9.17) is 0 Å². The summed E-state index contributed by atoms with van der Waals surface area (Å²) in [4.78, 5) is 0. The fourth-order valence-corrected chi connectivity index (χ4v) is 1.55. The molecule has 1 aromatic rings. The third-order valence-electron chi connectivity index (χ3n) is 2.49. The predicted octanol–water partition coefficient (Wildman–Crippen LogP) is 2.22. The first-order chi connectivity index (χ1) is 5.31. The van der Waals surface area contributed by atoms with Gasteiger partial charge >= 0.3 is 0 Å². The van der Waals surface area contributed by atoms with Crippen LogP contribution in [-0.4, -0.2) is 5.11 Å². The summed E-state index contributed by atoms with van der Waals surface area (Å²) < 4.78 is 0. The van der Waals surface area contributed by atoms with Crippen molar-refractivity contribution >= 4 is 0 Å². The van der Waals surface area contributed by atoms with Crippen LogP contribution in [0.2, 0.25) is 0 Å². The van der Waals surface area contributed by atoms with Crippen LogP contribution in [0.15, 0.2) is 30.3 Å². The summed E-state index contributed by atoms with van der Waals surface area (Å²) in [6.45, 7) is 0. The van der Waals surface area contributed by atoms with Gasteiger partial charge in [0.2, 0.25) is 0 Å². The number of rotatable bonds is 1. The van der Waals surface area contributed by atoms with E-state index in [0.29, 0.717) is 0 Å². The lowest BCUT2D eigenvalue weighted by molar-refractivity contribution is -0.0387. The Kier molecular flexibility index (Phi) is 2.50. The zero-order valence-electron chi connectivity index (χ0n) is 7.16. The van der Waals surface area contributed by atoms with Crippen LogP contribution >= 0.6 is 0 Å². The summed E-state index contributed by atoms with van der Waals surface area (Å²) in [5, 5.41) is 9.88. The molecule has 12 heavy (non-hydrogen) atoms. The zero-order chi connectivity index (χ0) is 7.73. The summed E-state index contributed by atoms with van der Waals surface area (Å²) >= 11 is 0. The van der Waals surface area contributed by atoms with E-state index in [1.54, 1.807) is 0 Å². The molecule has 0 saturated heterocycles. The molecule has 0 spiro atoms. The van der Waals surface area contributed by atoms with E-state index in [1.807, 2.05) is 30.3 Å². The van der Waals surface area contributed by atoms with Crippen molar-refractivity contribution in [3.05, 3.63) is 35.9 Å². The maximum absolute atomic E-state index is 9.88. The molecule has 1 aromatic carbocycles. The second kappa shape index (κ2) is 3.25. The van der Waals surface area contributed by atoms with Gasteiger partial charge in [0.05, 0.1) is 5.60 Å². The van der Waals surface area contributed by atoms with Gasteiger partial charge in [-0.25, -0.2) is 0 Å². The van der Waals surface area contributed by atoms with Gasteiger partial charge in [0, 0.05) is 0 Å². The van der Waals surface area contributed by atoms with E-state index < -0.39 is 5.60 Å². The molecule has 0 radical (unpaired) electrons. The van der Waals surface area contributed by atoms with E-state index >= 15 is 0 Å². The molecule has 2 nitrogen and oxygen atoms in total. The van der Waals surface area contributed by atoms with Crippen molar-refractivity contribution in [3.63, 3.8) is 0 Å². The number of aliphatic hydroxyl groups is 1. The standard InChI is InChI=1S/C10H12O.H3N/c11-10(7-4-8-10)9-5-2-1-3-6-9;/h1-3,5-6,11H,4,7-8H2;1H3. The lowest BCUT2D eigenvalue weighted by Gasteiger charge is -2.36. The molecule has 66 valence electrons. The first-order valence-corrected chi connectivity index (χ1v) is 4.09. The average molecular weight is 165 g/mol. The number of benzene rings is 1. The molecule has 1 saturated carbocycles. The number of hydrogen-bond donors (Lipinski definition) is 2. The van der Waals surface area contributed by atoms with Gasteiger partial charge in [-0.2, -0.15) is 0 Å². The predicted molar refractivity (Wildman–Crippen MR) is 49.2 cm³/mol. The van der Waals surface area contributed by atoms with Crippen molar-refractivity contribution < 1.29 is 5.11 Å². The van der Waals surface area contributed by atoms with E-state index in [0.717, 1.165) is 24.8 Å². The molecule has 0 aliphatic heterocycles. The van der Waals surface area contributed by atoms with Crippen molar-refractivity contribution in [2.24, 2.45) is 0 Å². The smallest absolute Gasteiger partial charge is 0.0896 e. The summed E-state index contributed by atoms with van der Waals surface area (Å²) in [6.07, 6.45) is 3.01. The minimum absolute atomic E-state index is 0. The average Bonchev–Trinajstić information content (AvgIpc) is 2.02. The molecule has 0 heterocycles. The van der Waals surface area contributed by atoms with Gasteiger partial charge in [-0.1, -0.05) is 30.3 Å². The van der Waals surface area contributed by atoms with Crippen LogP contribution in [-0.2, 0) is 5.60 Å². The highest BCUT2D eigenvalue weighted by Gasteiger charge is 2.35. The van der Waals surface area contributed by atoms with Crippen LogP contribution in [0.3, 0.4) is 0 Å². The molecule has 2 heteroatoms. The fraction of sp³-hybridized carbons (Fsp3) is 0.400. The molecule has 2 rings (SSSR count). The molecular weight excluding hydrogens is 150 g/mol. The lowest BCUT2D eigenvalue weighted by atomic mass is 9.75. The van der Waals surface area contributed by atoms with E-state index in [9.17, 15) is 5.11 Å². The first-order valence-electron chi connectivity index (χ1n) is 4.09. The van der Waals surface area contributed by atoms with Crippen LogP contribution in [0, 0.1) is 0 Å². The van der Waals surface area contributed by atoms with Crippen molar-refractivity contribution in [1.29, 1.82) is 0 Å². The largest absolute Gasteiger partial charge is 0.385 e. The molecule has 0 bridgehead atoms. The zero-order valence-corrected chi connectivity index (χ0v) is 7.16. The van der Waals surface area contributed by atoms with Crippen LogP contribution < -0.4 is 6.15 Å². The molecule has 1 aliphatic rings. The molecular formula is C10H15NO. The van der Waals surface area contributed by atoms with Gasteiger partial charge in [0.25, 0.3) is 0 Å². The molecule has 0 unspecified atom stereocenters. The Hall–Kier alpha value is -0.860. The fourth-order valence-electron chi connectivity index (χ4n) is 1.55. The Morgan fingerprint density at radius 3 is 2.08 bits per heavy atom. The van der Waals surface area contributed by atoms with Crippen LogP contribution in [0.4, 0.5) is 0 Å². The lowest BCUT2D eigenvalue weighted by Crippen LogP contribution is -2.33. The summed E-state index contributed by atoms with van der Waals surface area (Å²) in [5.74, 6) is 0. The quantitative estimate of drug-likeness (QED) is 0.670. The van der Waals surface area contributed by atoms with Crippen LogP contribution in [0.5, 0.6) is 0 Å². The Balaban J connectivity index is 0.000000720. The van der Waals surface area contributed by atoms with E-state index in [2.05, 4.69) is 0 Å². The molecule has 4 N–H and O–H groups in total. The van der Waals surface area contributed by atoms with Gasteiger partial charge in [-0.05, 0) is 24.8 Å². The van der Waals surface area contributed by atoms with E-state index in [-0.39, 0.29) is 6.15 Å². The summed E-state index contributed by atoms with van der Waals surface area (Å²) in [6, 6.07) is 9.93.